The van der Waals surface area contributed by atoms with E-state index in [1.54, 1.807) is 13.3 Å². The van der Waals surface area contributed by atoms with Gasteiger partial charge in [0.1, 0.15) is 5.69 Å². The van der Waals surface area contributed by atoms with Gasteiger partial charge in [0.25, 0.3) is 0 Å². The van der Waals surface area contributed by atoms with Crippen molar-refractivity contribution in [2.75, 3.05) is 14.2 Å². The van der Waals surface area contributed by atoms with E-state index in [0.29, 0.717) is 11.6 Å². The van der Waals surface area contributed by atoms with Crippen LogP contribution in [-0.2, 0) is 4.74 Å². The van der Waals surface area contributed by atoms with Crippen molar-refractivity contribution in [3.8, 4) is 17.0 Å². The summed E-state index contributed by atoms with van der Waals surface area (Å²) in [6.07, 6.45) is 1.66. The number of aromatic amines is 1. The van der Waals surface area contributed by atoms with Crippen molar-refractivity contribution in [1.29, 1.82) is 0 Å². The van der Waals surface area contributed by atoms with Crippen molar-refractivity contribution in [1.82, 2.24) is 9.97 Å². The molecule has 1 N–H and O–H groups in total. The Bertz CT molecular complexity index is 1100. The molecule has 25 heavy (non-hydrogen) atoms. The number of rotatable bonds is 3. The quantitative estimate of drug-likeness (QED) is 0.572. The second-order valence-electron chi connectivity index (χ2n) is 5.64. The van der Waals surface area contributed by atoms with Crippen molar-refractivity contribution in [2.24, 2.45) is 0 Å². The first-order chi connectivity index (χ1) is 12.2. The van der Waals surface area contributed by atoms with Crippen LogP contribution in [0.25, 0.3) is 32.8 Å². The highest BCUT2D eigenvalue weighted by Crippen LogP contribution is 2.40. The van der Waals surface area contributed by atoms with Gasteiger partial charge in [-0.25, -0.2) is 9.78 Å². The third-order valence-corrected chi connectivity index (χ3v) is 4.31. The largest absolute Gasteiger partial charge is 0.481 e. The normalized spacial score (nSPS) is 11.0. The molecule has 0 aliphatic carbocycles. The van der Waals surface area contributed by atoms with Gasteiger partial charge in [-0.05, 0) is 29.0 Å². The summed E-state index contributed by atoms with van der Waals surface area (Å²) >= 11 is 0. The zero-order valence-electron chi connectivity index (χ0n) is 13.9. The molecule has 4 aromatic rings. The second-order valence-corrected chi connectivity index (χ2v) is 5.64. The molecule has 0 radical (unpaired) electrons. The van der Waals surface area contributed by atoms with Crippen LogP contribution in [0.1, 0.15) is 10.5 Å². The van der Waals surface area contributed by atoms with Crippen molar-refractivity contribution < 1.29 is 14.3 Å². The Kier molecular flexibility index (Phi) is 3.61. The van der Waals surface area contributed by atoms with Crippen molar-refractivity contribution in [2.45, 2.75) is 0 Å². The molecule has 2 heterocycles. The zero-order chi connectivity index (χ0) is 17.4. The van der Waals surface area contributed by atoms with Gasteiger partial charge in [-0.15, -0.1) is 0 Å². The summed E-state index contributed by atoms with van der Waals surface area (Å²) in [6, 6.07) is 15.8. The van der Waals surface area contributed by atoms with Crippen LogP contribution in [0.2, 0.25) is 0 Å². The first kappa shape index (κ1) is 15.2. The van der Waals surface area contributed by atoms with Gasteiger partial charge in [0.15, 0.2) is 0 Å². The number of esters is 1. The molecule has 5 nitrogen and oxygen atoms in total. The van der Waals surface area contributed by atoms with Gasteiger partial charge in [0.2, 0.25) is 5.88 Å². The predicted molar refractivity (Wildman–Crippen MR) is 96.9 cm³/mol. The maximum absolute atomic E-state index is 12.4. The molecular weight excluding hydrogens is 316 g/mol. The smallest absolute Gasteiger partial charge is 0.355 e. The number of nitrogens with zero attached hydrogens (tertiary/aromatic N) is 1. The Hall–Kier alpha value is -3.34. The van der Waals surface area contributed by atoms with Crippen molar-refractivity contribution in [3.05, 3.63) is 60.4 Å². The van der Waals surface area contributed by atoms with Gasteiger partial charge >= 0.3 is 5.97 Å². The fourth-order valence-electron chi connectivity index (χ4n) is 3.24. The Morgan fingerprint density at radius 1 is 1.04 bits per heavy atom. The molecule has 124 valence electrons. The maximum Gasteiger partial charge on any atom is 0.355 e. The SMILES string of the molecule is COC(=O)c1[nH]c2ccc3ccccc3c2c1-c1cccnc1OC. The van der Waals surface area contributed by atoms with Crippen LogP contribution in [0.5, 0.6) is 5.88 Å². The number of pyridine rings is 1. The number of nitrogens with one attached hydrogen (secondary N) is 1. The Balaban J connectivity index is 2.19. The minimum Gasteiger partial charge on any atom is -0.481 e. The maximum atomic E-state index is 12.4. The number of aromatic nitrogens is 2. The standard InChI is InChI=1S/C20H16N2O3/c1-24-19-14(8-5-11-21-19)17-16-13-7-4-3-6-12(13)9-10-15(16)22-18(17)20(23)25-2/h3-11,22H,1-2H3. The molecule has 2 aromatic carbocycles. The first-order valence-electron chi connectivity index (χ1n) is 7.85. The van der Waals surface area contributed by atoms with Crippen LogP contribution < -0.4 is 4.74 Å². The lowest BCUT2D eigenvalue weighted by atomic mass is 9.98. The van der Waals surface area contributed by atoms with E-state index in [0.717, 1.165) is 32.8 Å². The number of hydrogen-bond acceptors (Lipinski definition) is 4. The van der Waals surface area contributed by atoms with Crippen molar-refractivity contribution in [3.63, 3.8) is 0 Å². The molecule has 0 atom stereocenters. The van der Waals surface area contributed by atoms with Crippen LogP contribution in [0, 0.1) is 0 Å². The van der Waals surface area contributed by atoms with Gasteiger partial charge in [0, 0.05) is 28.2 Å². The summed E-state index contributed by atoms with van der Waals surface area (Å²) in [6.45, 7) is 0. The molecule has 0 saturated carbocycles. The van der Waals surface area contributed by atoms with Gasteiger partial charge in [0.05, 0.1) is 14.2 Å². The summed E-state index contributed by atoms with van der Waals surface area (Å²) in [5.74, 6) is 0.0303. The molecule has 0 unspecified atom stereocenters. The van der Waals surface area contributed by atoms with Gasteiger partial charge in [-0.3, -0.25) is 0 Å². The van der Waals surface area contributed by atoms with Crippen LogP contribution >= 0.6 is 0 Å². The van der Waals surface area contributed by atoms with Crippen LogP contribution in [0.15, 0.2) is 54.7 Å². The lowest BCUT2D eigenvalue weighted by Gasteiger charge is -2.09. The average molecular weight is 332 g/mol. The Morgan fingerprint density at radius 3 is 2.68 bits per heavy atom. The molecule has 4 rings (SSSR count). The summed E-state index contributed by atoms with van der Waals surface area (Å²) in [7, 11) is 2.94. The number of carbonyl (C=O) groups excluding carboxylic acids is 1. The molecular formula is C20H16N2O3. The fourth-order valence-corrected chi connectivity index (χ4v) is 3.24. The predicted octanol–water partition coefficient (Wildman–Crippen LogP) is 4.18. The lowest BCUT2D eigenvalue weighted by Crippen LogP contribution is -2.04. The van der Waals surface area contributed by atoms with Gasteiger partial charge in [-0.2, -0.15) is 0 Å². The summed E-state index contributed by atoms with van der Waals surface area (Å²) in [4.78, 5) is 19.9. The highest BCUT2D eigenvalue weighted by Gasteiger charge is 2.23. The molecule has 0 aliphatic rings. The summed E-state index contributed by atoms with van der Waals surface area (Å²) in [5.41, 5.74) is 2.73. The molecule has 0 aliphatic heterocycles. The molecule has 0 saturated heterocycles. The van der Waals surface area contributed by atoms with E-state index in [4.69, 9.17) is 9.47 Å². The summed E-state index contributed by atoms with van der Waals surface area (Å²) in [5, 5.41) is 3.09. The number of benzene rings is 2. The summed E-state index contributed by atoms with van der Waals surface area (Å²) < 4.78 is 10.4. The van der Waals surface area contributed by atoms with Crippen LogP contribution in [-0.4, -0.2) is 30.2 Å². The minimum atomic E-state index is -0.429. The molecule has 2 aromatic heterocycles. The third kappa shape index (κ3) is 2.32. The first-order valence-corrected chi connectivity index (χ1v) is 7.85. The molecule has 0 amide bonds. The van der Waals surface area contributed by atoms with E-state index in [1.807, 2.05) is 48.5 Å². The van der Waals surface area contributed by atoms with E-state index in [1.165, 1.54) is 7.11 Å². The molecule has 0 fully saturated rings. The molecule has 0 bridgehead atoms. The van der Waals surface area contributed by atoms with E-state index in [9.17, 15) is 4.79 Å². The molecule has 5 heteroatoms. The van der Waals surface area contributed by atoms with Crippen LogP contribution in [0.4, 0.5) is 0 Å². The van der Waals surface area contributed by atoms with E-state index < -0.39 is 5.97 Å². The highest BCUT2D eigenvalue weighted by atomic mass is 16.5. The number of fused-ring (bicyclic) bond motifs is 3. The number of hydrogen-bond donors (Lipinski definition) is 1. The van der Waals surface area contributed by atoms with Crippen LogP contribution in [0.3, 0.4) is 0 Å². The highest BCUT2D eigenvalue weighted by molar-refractivity contribution is 6.18. The van der Waals surface area contributed by atoms with E-state index in [2.05, 4.69) is 9.97 Å². The second kappa shape index (κ2) is 5.94. The number of methoxy groups -OCH3 is 2. The topological polar surface area (TPSA) is 64.2 Å². The van der Waals surface area contributed by atoms with E-state index in [-0.39, 0.29) is 0 Å². The van der Waals surface area contributed by atoms with E-state index >= 15 is 0 Å². The third-order valence-electron chi connectivity index (χ3n) is 4.31. The number of H-pyrrole nitrogens is 1. The number of ether oxygens (including phenoxy) is 2. The Labute approximate surface area is 144 Å². The lowest BCUT2D eigenvalue weighted by molar-refractivity contribution is 0.0596. The minimum absolute atomic E-state index is 0.389. The fraction of sp³-hybridized carbons (Fsp3) is 0.100. The van der Waals surface area contributed by atoms with Gasteiger partial charge < -0.3 is 14.5 Å². The number of carbonyl (C=O) groups is 1. The monoisotopic (exact) mass is 332 g/mol. The average Bonchev–Trinajstić information content (AvgIpc) is 3.07. The van der Waals surface area contributed by atoms with Crippen molar-refractivity contribution >= 4 is 27.6 Å². The van der Waals surface area contributed by atoms with Gasteiger partial charge in [-0.1, -0.05) is 30.3 Å². The zero-order valence-corrected chi connectivity index (χ0v) is 13.9. The Morgan fingerprint density at radius 2 is 1.88 bits per heavy atom. The molecule has 0 spiro atoms.